The molecule has 1 aromatic carbocycles. The Morgan fingerprint density at radius 2 is 2.28 bits per heavy atom. The zero-order chi connectivity index (χ0) is 13.0. The molecule has 18 heavy (non-hydrogen) atoms. The number of halogens is 1. The summed E-state index contributed by atoms with van der Waals surface area (Å²) in [6.45, 7) is 2.94. The van der Waals surface area contributed by atoms with Crippen molar-refractivity contribution < 1.29 is 5.11 Å². The van der Waals surface area contributed by atoms with E-state index in [4.69, 9.17) is 0 Å². The number of aryl methyl sites for hydroxylation is 1. The van der Waals surface area contributed by atoms with Gasteiger partial charge in [-0.05, 0) is 46.7 Å². The Labute approximate surface area is 120 Å². The second-order valence-electron chi connectivity index (χ2n) is 4.17. The van der Waals surface area contributed by atoms with Crippen LogP contribution in [0.2, 0.25) is 0 Å². The van der Waals surface area contributed by atoms with E-state index in [-0.39, 0.29) is 0 Å². The third kappa shape index (κ3) is 3.29. The van der Waals surface area contributed by atoms with Crippen molar-refractivity contribution in [1.29, 1.82) is 0 Å². The Morgan fingerprint density at radius 1 is 1.44 bits per heavy atom. The molecule has 0 radical (unpaired) electrons. The van der Waals surface area contributed by atoms with Crippen LogP contribution in [-0.4, -0.2) is 19.9 Å². The van der Waals surface area contributed by atoms with Crippen LogP contribution in [-0.2, 0) is 13.0 Å². The Balaban J connectivity index is 2.11. The van der Waals surface area contributed by atoms with Crippen molar-refractivity contribution in [3.63, 3.8) is 0 Å². The minimum Gasteiger partial charge on any atom is -0.388 e. The maximum Gasteiger partial charge on any atom is 0.138 e. The Kier molecular flexibility index (Phi) is 4.71. The largest absolute Gasteiger partial charge is 0.388 e. The van der Waals surface area contributed by atoms with Gasteiger partial charge in [0.15, 0.2) is 0 Å². The quantitative estimate of drug-likeness (QED) is 0.837. The molecule has 1 aromatic heterocycles. The van der Waals surface area contributed by atoms with Crippen LogP contribution in [0.25, 0.3) is 0 Å². The molecule has 0 amide bonds. The molecule has 5 heteroatoms. The molecule has 1 N–H and O–H groups in total. The molecule has 0 aliphatic heterocycles. The van der Waals surface area contributed by atoms with Gasteiger partial charge in [-0.3, -0.25) is 4.68 Å². The Bertz CT molecular complexity index is 512. The van der Waals surface area contributed by atoms with Gasteiger partial charge in [0.05, 0.1) is 6.10 Å². The van der Waals surface area contributed by atoms with Gasteiger partial charge < -0.3 is 5.11 Å². The lowest BCUT2D eigenvalue weighted by Crippen LogP contribution is -2.10. The van der Waals surface area contributed by atoms with E-state index in [2.05, 4.69) is 39.6 Å². The number of hydrogen-bond donors (Lipinski definition) is 1. The van der Waals surface area contributed by atoms with Crippen LogP contribution in [0.1, 0.15) is 30.8 Å². The van der Waals surface area contributed by atoms with Gasteiger partial charge in [0.25, 0.3) is 0 Å². The number of aliphatic hydroxyl groups is 1. The summed E-state index contributed by atoms with van der Waals surface area (Å²) in [4.78, 5) is 4.21. The lowest BCUT2D eigenvalue weighted by atomic mass is 10.1. The molecular formula is C13H16IN3O. The molecule has 2 aromatic rings. The fourth-order valence-electron chi connectivity index (χ4n) is 1.85. The third-order valence-corrected chi connectivity index (χ3v) is 3.41. The maximum absolute atomic E-state index is 10.2. The minimum absolute atomic E-state index is 0.500. The van der Waals surface area contributed by atoms with Crippen molar-refractivity contribution >= 4 is 22.6 Å². The van der Waals surface area contributed by atoms with Crippen LogP contribution >= 0.6 is 22.6 Å². The second-order valence-corrected chi connectivity index (χ2v) is 5.42. The Morgan fingerprint density at radius 3 is 3.00 bits per heavy atom. The van der Waals surface area contributed by atoms with Gasteiger partial charge in [0.1, 0.15) is 12.2 Å². The number of aromatic nitrogens is 3. The molecule has 4 nitrogen and oxygen atoms in total. The number of benzene rings is 1. The van der Waals surface area contributed by atoms with E-state index < -0.39 is 6.10 Å². The normalized spacial score (nSPS) is 12.6. The first kappa shape index (κ1) is 13.5. The Hall–Kier alpha value is -0.950. The van der Waals surface area contributed by atoms with Crippen LogP contribution in [0.4, 0.5) is 0 Å². The van der Waals surface area contributed by atoms with Gasteiger partial charge in [-0.1, -0.05) is 19.1 Å². The van der Waals surface area contributed by atoms with Crippen molar-refractivity contribution in [1.82, 2.24) is 14.8 Å². The van der Waals surface area contributed by atoms with E-state index in [1.54, 1.807) is 6.33 Å². The lowest BCUT2D eigenvalue weighted by molar-refractivity contribution is 0.174. The fourth-order valence-corrected chi connectivity index (χ4v) is 2.42. The highest BCUT2D eigenvalue weighted by Gasteiger charge is 2.13. The van der Waals surface area contributed by atoms with E-state index in [1.807, 2.05) is 28.9 Å². The first-order valence-corrected chi connectivity index (χ1v) is 7.08. The van der Waals surface area contributed by atoms with Crippen molar-refractivity contribution in [2.45, 2.75) is 32.4 Å². The van der Waals surface area contributed by atoms with Crippen LogP contribution in [0.5, 0.6) is 0 Å². The van der Waals surface area contributed by atoms with Crippen LogP contribution in [0, 0.1) is 3.57 Å². The van der Waals surface area contributed by atoms with E-state index in [0.29, 0.717) is 6.42 Å². The zero-order valence-corrected chi connectivity index (χ0v) is 12.4. The zero-order valence-electron chi connectivity index (χ0n) is 10.3. The van der Waals surface area contributed by atoms with Crippen LogP contribution in [0.3, 0.4) is 0 Å². The van der Waals surface area contributed by atoms with Crippen molar-refractivity contribution in [2.24, 2.45) is 0 Å². The molecule has 0 aliphatic carbocycles. The highest BCUT2D eigenvalue weighted by Crippen LogP contribution is 2.19. The summed E-state index contributed by atoms with van der Waals surface area (Å²) in [5, 5.41) is 14.4. The molecular weight excluding hydrogens is 341 g/mol. The predicted octanol–water partition coefficient (Wildman–Crippen LogP) is 2.57. The number of nitrogens with zero attached hydrogens (tertiary/aromatic N) is 3. The van der Waals surface area contributed by atoms with Crippen LogP contribution < -0.4 is 0 Å². The highest BCUT2D eigenvalue weighted by molar-refractivity contribution is 14.1. The first-order chi connectivity index (χ1) is 8.70. The van der Waals surface area contributed by atoms with E-state index in [0.717, 1.165) is 27.9 Å². The molecule has 1 unspecified atom stereocenters. The van der Waals surface area contributed by atoms with E-state index in [9.17, 15) is 5.11 Å². The SMILES string of the molecule is CCCn1ncnc1CC(O)c1cccc(I)c1. The lowest BCUT2D eigenvalue weighted by Gasteiger charge is -2.11. The predicted molar refractivity (Wildman–Crippen MR) is 78.1 cm³/mol. The standard InChI is InChI=1S/C13H16IN3O/c1-2-6-17-13(15-9-16-17)8-12(18)10-4-3-5-11(14)7-10/h3-5,7,9,12,18H,2,6,8H2,1H3. The summed E-state index contributed by atoms with van der Waals surface area (Å²) < 4.78 is 2.98. The van der Waals surface area contributed by atoms with Crippen molar-refractivity contribution in [2.75, 3.05) is 0 Å². The molecule has 0 aliphatic rings. The van der Waals surface area contributed by atoms with Gasteiger partial charge in [-0.25, -0.2) is 4.98 Å². The van der Waals surface area contributed by atoms with Crippen LogP contribution in [0.15, 0.2) is 30.6 Å². The average Bonchev–Trinajstić information content (AvgIpc) is 2.77. The summed E-state index contributed by atoms with van der Waals surface area (Å²) in [5.74, 6) is 0.836. The van der Waals surface area contributed by atoms with Gasteiger partial charge in [-0.2, -0.15) is 5.10 Å². The average molecular weight is 357 g/mol. The molecule has 1 heterocycles. The third-order valence-electron chi connectivity index (χ3n) is 2.74. The molecule has 0 saturated carbocycles. The summed E-state index contributed by atoms with van der Waals surface area (Å²) >= 11 is 2.24. The highest BCUT2D eigenvalue weighted by atomic mass is 127. The number of hydrogen-bond acceptors (Lipinski definition) is 3. The monoisotopic (exact) mass is 357 g/mol. The first-order valence-electron chi connectivity index (χ1n) is 6.01. The second kappa shape index (κ2) is 6.29. The summed E-state index contributed by atoms with van der Waals surface area (Å²) in [6, 6.07) is 7.90. The van der Waals surface area contributed by atoms with Crippen molar-refractivity contribution in [3.8, 4) is 0 Å². The van der Waals surface area contributed by atoms with E-state index >= 15 is 0 Å². The van der Waals surface area contributed by atoms with Gasteiger partial charge in [-0.15, -0.1) is 0 Å². The summed E-state index contributed by atoms with van der Waals surface area (Å²) in [6.07, 6.45) is 2.53. The number of aliphatic hydroxyl groups excluding tert-OH is 1. The van der Waals surface area contributed by atoms with Gasteiger partial charge in [0, 0.05) is 16.5 Å². The van der Waals surface area contributed by atoms with E-state index in [1.165, 1.54) is 0 Å². The van der Waals surface area contributed by atoms with Gasteiger partial charge >= 0.3 is 0 Å². The fraction of sp³-hybridized carbons (Fsp3) is 0.385. The molecule has 96 valence electrons. The molecule has 0 saturated heterocycles. The minimum atomic E-state index is -0.528. The molecule has 0 bridgehead atoms. The molecule has 0 spiro atoms. The maximum atomic E-state index is 10.2. The van der Waals surface area contributed by atoms with Gasteiger partial charge in [0.2, 0.25) is 0 Å². The van der Waals surface area contributed by atoms with Crippen molar-refractivity contribution in [3.05, 3.63) is 45.6 Å². The summed E-state index contributed by atoms with van der Waals surface area (Å²) in [5.41, 5.74) is 0.924. The number of rotatable bonds is 5. The molecule has 0 fully saturated rings. The molecule has 1 atom stereocenters. The molecule has 2 rings (SSSR count). The smallest absolute Gasteiger partial charge is 0.138 e. The summed E-state index contributed by atoms with van der Waals surface area (Å²) in [7, 11) is 0. The topological polar surface area (TPSA) is 50.9 Å².